The first-order valence-corrected chi connectivity index (χ1v) is 3.18. The molecule has 0 aliphatic heterocycles. The number of amides is 1. The SMILES string of the molecule is CC(CCCN)C(N)=O. The van der Waals surface area contributed by atoms with Gasteiger partial charge in [-0.1, -0.05) is 6.92 Å². The van der Waals surface area contributed by atoms with E-state index in [4.69, 9.17) is 11.5 Å². The van der Waals surface area contributed by atoms with Gasteiger partial charge < -0.3 is 11.5 Å². The molecule has 0 aromatic carbocycles. The minimum atomic E-state index is -0.233. The van der Waals surface area contributed by atoms with E-state index >= 15 is 0 Å². The summed E-state index contributed by atoms with van der Waals surface area (Å²) in [7, 11) is 0. The highest BCUT2D eigenvalue weighted by molar-refractivity contribution is 5.76. The Bertz CT molecular complexity index is 93.1. The molecule has 54 valence electrons. The summed E-state index contributed by atoms with van der Waals surface area (Å²) in [6, 6.07) is 0. The minimum Gasteiger partial charge on any atom is -0.369 e. The molecule has 0 heterocycles. The van der Waals surface area contributed by atoms with Crippen molar-refractivity contribution in [1.82, 2.24) is 0 Å². The molecule has 0 saturated carbocycles. The first kappa shape index (κ1) is 8.43. The van der Waals surface area contributed by atoms with E-state index in [1.165, 1.54) is 0 Å². The van der Waals surface area contributed by atoms with Gasteiger partial charge in [-0.2, -0.15) is 0 Å². The smallest absolute Gasteiger partial charge is 0.220 e. The van der Waals surface area contributed by atoms with E-state index in [1.807, 2.05) is 6.92 Å². The first-order chi connectivity index (χ1) is 4.18. The summed E-state index contributed by atoms with van der Waals surface area (Å²) in [5, 5.41) is 0. The second-order valence-corrected chi connectivity index (χ2v) is 2.23. The van der Waals surface area contributed by atoms with E-state index < -0.39 is 0 Å². The molecule has 0 spiro atoms. The number of carbonyl (C=O) groups excluding carboxylic acids is 1. The molecule has 3 nitrogen and oxygen atoms in total. The second kappa shape index (κ2) is 4.32. The van der Waals surface area contributed by atoms with Crippen molar-refractivity contribution in [1.29, 1.82) is 0 Å². The van der Waals surface area contributed by atoms with Crippen LogP contribution < -0.4 is 11.5 Å². The molecule has 0 aromatic heterocycles. The summed E-state index contributed by atoms with van der Waals surface area (Å²) in [5.41, 5.74) is 10.2. The fourth-order valence-electron chi connectivity index (χ4n) is 0.566. The molecule has 9 heavy (non-hydrogen) atoms. The van der Waals surface area contributed by atoms with Crippen molar-refractivity contribution in [2.75, 3.05) is 6.54 Å². The molecule has 0 bridgehead atoms. The van der Waals surface area contributed by atoms with Crippen molar-refractivity contribution in [3.05, 3.63) is 0 Å². The Kier molecular flexibility index (Phi) is 4.05. The van der Waals surface area contributed by atoms with E-state index in [1.54, 1.807) is 0 Å². The van der Waals surface area contributed by atoms with Gasteiger partial charge in [0, 0.05) is 5.92 Å². The molecule has 0 radical (unpaired) electrons. The molecule has 0 aliphatic carbocycles. The lowest BCUT2D eigenvalue weighted by Crippen LogP contribution is -2.21. The molecule has 0 rings (SSSR count). The molecular weight excluding hydrogens is 116 g/mol. The number of carbonyl (C=O) groups is 1. The molecule has 4 N–H and O–H groups in total. The fraction of sp³-hybridized carbons (Fsp3) is 0.833. The van der Waals surface area contributed by atoms with Crippen molar-refractivity contribution in [3.63, 3.8) is 0 Å². The van der Waals surface area contributed by atoms with Gasteiger partial charge in [0.15, 0.2) is 0 Å². The molecule has 3 heteroatoms. The minimum absolute atomic E-state index is 0.0199. The van der Waals surface area contributed by atoms with Crippen LogP contribution in [0, 0.1) is 5.92 Å². The molecule has 0 aliphatic rings. The summed E-state index contributed by atoms with van der Waals surface area (Å²) in [5.74, 6) is -0.253. The normalized spacial score (nSPS) is 13.1. The standard InChI is InChI=1S/C6H14N2O/c1-5(6(8)9)3-2-4-7/h5H,2-4,7H2,1H3,(H2,8,9). The highest BCUT2D eigenvalue weighted by Crippen LogP contribution is 2.01. The third-order valence-electron chi connectivity index (χ3n) is 1.33. The number of hydrogen-bond donors (Lipinski definition) is 2. The Morgan fingerprint density at radius 2 is 2.22 bits per heavy atom. The van der Waals surface area contributed by atoms with Crippen LogP contribution in [0.15, 0.2) is 0 Å². The fourth-order valence-corrected chi connectivity index (χ4v) is 0.566. The van der Waals surface area contributed by atoms with Crippen LogP contribution in [0.3, 0.4) is 0 Å². The number of nitrogens with two attached hydrogens (primary N) is 2. The average Bonchev–Trinajstić information content (AvgIpc) is 1.82. The zero-order chi connectivity index (χ0) is 7.28. The Balaban J connectivity index is 3.27. The van der Waals surface area contributed by atoms with Crippen LogP contribution in [0.1, 0.15) is 19.8 Å². The van der Waals surface area contributed by atoms with E-state index in [9.17, 15) is 4.79 Å². The molecule has 0 aromatic rings. The molecular formula is C6H14N2O. The summed E-state index contributed by atoms with van der Waals surface area (Å²) >= 11 is 0. The van der Waals surface area contributed by atoms with Gasteiger partial charge in [0.1, 0.15) is 0 Å². The van der Waals surface area contributed by atoms with Crippen molar-refractivity contribution in [2.24, 2.45) is 17.4 Å². The average molecular weight is 130 g/mol. The highest BCUT2D eigenvalue weighted by atomic mass is 16.1. The lowest BCUT2D eigenvalue weighted by atomic mass is 10.1. The van der Waals surface area contributed by atoms with Crippen LogP contribution >= 0.6 is 0 Å². The Labute approximate surface area is 55.4 Å². The van der Waals surface area contributed by atoms with Crippen LogP contribution in [-0.4, -0.2) is 12.5 Å². The van der Waals surface area contributed by atoms with Crippen LogP contribution in [0.25, 0.3) is 0 Å². The van der Waals surface area contributed by atoms with Gasteiger partial charge in [-0.15, -0.1) is 0 Å². The zero-order valence-corrected chi connectivity index (χ0v) is 5.76. The lowest BCUT2D eigenvalue weighted by molar-refractivity contribution is -0.121. The predicted molar refractivity (Wildman–Crippen MR) is 36.6 cm³/mol. The summed E-state index contributed by atoms with van der Waals surface area (Å²) in [4.78, 5) is 10.4. The first-order valence-electron chi connectivity index (χ1n) is 3.18. The molecule has 1 unspecified atom stereocenters. The highest BCUT2D eigenvalue weighted by Gasteiger charge is 2.05. The van der Waals surface area contributed by atoms with Crippen molar-refractivity contribution in [3.8, 4) is 0 Å². The van der Waals surface area contributed by atoms with Crippen molar-refractivity contribution in [2.45, 2.75) is 19.8 Å². The predicted octanol–water partition coefficient (Wildman–Crippen LogP) is -0.153. The Morgan fingerprint density at radius 1 is 1.67 bits per heavy atom. The summed E-state index contributed by atoms with van der Waals surface area (Å²) < 4.78 is 0. The third kappa shape index (κ3) is 3.97. The number of rotatable bonds is 4. The largest absolute Gasteiger partial charge is 0.369 e. The topological polar surface area (TPSA) is 69.1 Å². The maximum atomic E-state index is 10.4. The van der Waals surface area contributed by atoms with Crippen molar-refractivity contribution < 1.29 is 4.79 Å². The third-order valence-corrected chi connectivity index (χ3v) is 1.33. The maximum absolute atomic E-state index is 10.4. The molecule has 1 atom stereocenters. The number of hydrogen-bond acceptors (Lipinski definition) is 2. The van der Waals surface area contributed by atoms with Crippen LogP contribution in [0.5, 0.6) is 0 Å². The van der Waals surface area contributed by atoms with Crippen LogP contribution in [0.2, 0.25) is 0 Å². The van der Waals surface area contributed by atoms with E-state index in [0.29, 0.717) is 6.54 Å². The van der Waals surface area contributed by atoms with Gasteiger partial charge in [-0.05, 0) is 19.4 Å². The van der Waals surface area contributed by atoms with Gasteiger partial charge in [-0.3, -0.25) is 4.79 Å². The second-order valence-electron chi connectivity index (χ2n) is 2.23. The van der Waals surface area contributed by atoms with Crippen molar-refractivity contribution >= 4 is 5.91 Å². The van der Waals surface area contributed by atoms with Crippen LogP contribution in [-0.2, 0) is 4.79 Å². The molecule has 0 saturated heterocycles. The number of primary amides is 1. The maximum Gasteiger partial charge on any atom is 0.220 e. The van der Waals surface area contributed by atoms with Gasteiger partial charge in [-0.25, -0.2) is 0 Å². The van der Waals surface area contributed by atoms with Gasteiger partial charge in [0.2, 0.25) is 5.91 Å². The Morgan fingerprint density at radius 3 is 2.56 bits per heavy atom. The van der Waals surface area contributed by atoms with E-state index in [-0.39, 0.29) is 11.8 Å². The van der Waals surface area contributed by atoms with E-state index in [0.717, 1.165) is 12.8 Å². The zero-order valence-electron chi connectivity index (χ0n) is 5.76. The lowest BCUT2D eigenvalue weighted by Gasteiger charge is -2.03. The summed E-state index contributed by atoms with van der Waals surface area (Å²) in [6.45, 7) is 2.45. The molecule has 1 amide bonds. The van der Waals surface area contributed by atoms with Gasteiger partial charge in [0.25, 0.3) is 0 Å². The van der Waals surface area contributed by atoms with Gasteiger partial charge >= 0.3 is 0 Å². The van der Waals surface area contributed by atoms with E-state index in [2.05, 4.69) is 0 Å². The van der Waals surface area contributed by atoms with Gasteiger partial charge in [0.05, 0.1) is 0 Å². The Hall–Kier alpha value is -0.570. The monoisotopic (exact) mass is 130 g/mol. The van der Waals surface area contributed by atoms with Crippen LogP contribution in [0.4, 0.5) is 0 Å². The molecule has 0 fully saturated rings. The quantitative estimate of drug-likeness (QED) is 0.555. The summed E-state index contributed by atoms with van der Waals surface area (Å²) in [6.07, 6.45) is 1.69.